The summed E-state index contributed by atoms with van der Waals surface area (Å²) in [6.45, 7) is 0. The largest absolute Gasteiger partial charge is 0.494 e. The predicted octanol–water partition coefficient (Wildman–Crippen LogP) is 3.11. The summed E-state index contributed by atoms with van der Waals surface area (Å²) in [5.41, 5.74) is 6.58. The second kappa shape index (κ2) is 6.83. The molecule has 0 unspecified atom stereocenters. The minimum atomic E-state index is -0.854. The molecule has 2 aromatic carbocycles. The molecule has 2 N–H and O–H groups in total. The highest BCUT2D eigenvalue weighted by Crippen LogP contribution is 2.38. The molecule has 0 fully saturated rings. The number of anilines is 1. The third kappa shape index (κ3) is 3.34. The summed E-state index contributed by atoms with van der Waals surface area (Å²) in [5, 5.41) is 4.18. The SMILES string of the molecule is COc1cc(=O)n(C)nc1-c1cc(N)ccc1Oc1ccc(F)cc1F. The molecule has 3 aromatic rings. The van der Waals surface area contributed by atoms with Crippen LogP contribution in [0.15, 0.2) is 47.3 Å². The molecule has 0 radical (unpaired) electrons. The molecule has 3 rings (SSSR count). The second-order valence-corrected chi connectivity index (χ2v) is 5.46. The van der Waals surface area contributed by atoms with Crippen molar-refractivity contribution in [1.29, 1.82) is 0 Å². The number of rotatable bonds is 4. The van der Waals surface area contributed by atoms with E-state index in [9.17, 15) is 13.6 Å². The first-order chi connectivity index (χ1) is 12.4. The molecular formula is C18H15F2N3O3. The Morgan fingerprint density at radius 1 is 1.04 bits per heavy atom. The monoisotopic (exact) mass is 359 g/mol. The number of aryl methyl sites for hydroxylation is 1. The van der Waals surface area contributed by atoms with Gasteiger partial charge >= 0.3 is 0 Å². The lowest BCUT2D eigenvalue weighted by Gasteiger charge is -2.14. The van der Waals surface area contributed by atoms with Crippen molar-refractivity contribution in [2.45, 2.75) is 0 Å². The summed E-state index contributed by atoms with van der Waals surface area (Å²) in [6.07, 6.45) is 0. The van der Waals surface area contributed by atoms with Crippen LogP contribution >= 0.6 is 0 Å². The normalized spacial score (nSPS) is 10.6. The minimum absolute atomic E-state index is 0.166. The van der Waals surface area contributed by atoms with Crippen molar-refractivity contribution in [3.05, 3.63) is 64.5 Å². The Kier molecular flexibility index (Phi) is 4.57. The molecule has 1 aromatic heterocycles. The van der Waals surface area contributed by atoms with Crippen LogP contribution in [0.25, 0.3) is 11.3 Å². The van der Waals surface area contributed by atoms with Gasteiger partial charge in [0.25, 0.3) is 5.56 Å². The molecule has 0 saturated carbocycles. The van der Waals surface area contributed by atoms with Gasteiger partial charge in [-0.15, -0.1) is 0 Å². The van der Waals surface area contributed by atoms with E-state index in [1.165, 1.54) is 32.4 Å². The van der Waals surface area contributed by atoms with Crippen LogP contribution < -0.4 is 20.8 Å². The first-order valence-corrected chi connectivity index (χ1v) is 7.54. The van der Waals surface area contributed by atoms with Crippen LogP contribution in [-0.2, 0) is 7.05 Å². The van der Waals surface area contributed by atoms with Crippen LogP contribution in [0, 0.1) is 11.6 Å². The van der Waals surface area contributed by atoms with Crippen molar-refractivity contribution in [3.8, 4) is 28.5 Å². The Balaban J connectivity index is 2.16. The highest BCUT2D eigenvalue weighted by Gasteiger charge is 2.17. The minimum Gasteiger partial charge on any atom is -0.494 e. The van der Waals surface area contributed by atoms with Crippen molar-refractivity contribution in [2.24, 2.45) is 7.05 Å². The van der Waals surface area contributed by atoms with E-state index in [0.29, 0.717) is 16.9 Å². The summed E-state index contributed by atoms with van der Waals surface area (Å²) < 4.78 is 39.0. The lowest BCUT2D eigenvalue weighted by atomic mass is 10.1. The molecule has 0 saturated heterocycles. The van der Waals surface area contributed by atoms with Gasteiger partial charge in [0, 0.05) is 24.9 Å². The summed E-state index contributed by atoms with van der Waals surface area (Å²) in [6, 6.07) is 8.91. The Morgan fingerprint density at radius 2 is 1.77 bits per heavy atom. The number of hydrogen-bond donors (Lipinski definition) is 1. The standard InChI is InChI=1S/C18H15F2N3O3/c1-23-17(24)9-16(25-2)18(22-23)12-8-11(21)4-6-14(12)26-15-5-3-10(19)7-13(15)20/h3-9H,21H2,1-2H3. The maximum Gasteiger partial charge on any atom is 0.270 e. The number of benzene rings is 2. The van der Waals surface area contributed by atoms with Gasteiger partial charge in [-0.05, 0) is 30.3 Å². The summed E-state index contributed by atoms with van der Waals surface area (Å²) in [5.74, 6) is -1.31. The Bertz CT molecular complexity index is 1030. The van der Waals surface area contributed by atoms with Crippen LogP contribution in [0.2, 0.25) is 0 Å². The van der Waals surface area contributed by atoms with Crippen LogP contribution in [0.4, 0.5) is 14.5 Å². The lowest BCUT2D eigenvalue weighted by Crippen LogP contribution is -2.19. The van der Waals surface area contributed by atoms with Gasteiger partial charge in [0.05, 0.1) is 12.7 Å². The van der Waals surface area contributed by atoms with E-state index in [2.05, 4.69) is 5.10 Å². The number of nitrogens with zero attached hydrogens (tertiary/aromatic N) is 2. The Hall–Kier alpha value is -3.42. The number of aromatic nitrogens is 2. The summed E-state index contributed by atoms with van der Waals surface area (Å²) in [7, 11) is 2.88. The molecule has 0 spiro atoms. The van der Waals surface area contributed by atoms with Crippen LogP contribution in [0.5, 0.6) is 17.2 Å². The average Bonchev–Trinajstić information content (AvgIpc) is 2.60. The van der Waals surface area contributed by atoms with Gasteiger partial charge in [0.1, 0.15) is 17.3 Å². The highest BCUT2D eigenvalue weighted by molar-refractivity contribution is 5.75. The summed E-state index contributed by atoms with van der Waals surface area (Å²) >= 11 is 0. The van der Waals surface area contributed by atoms with E-state index in [1.54, 1.807) is 12.1 Å². The number of nitrogens with two attached hydrogens (primary N) is 1. The molecule has 1 heterocycles. The maximum atomic E-state index is 13.9. The molecule has 8 heteroatoms. The predicted molar refractivity (Wildman–Crippen MR) is 92.3 cm³/mol. The average molecular weight is 359 g/mol. The molecule has 0 atom stereocenters. The van der Waals surface area contributed by atoms with Crippen molar-refractivity contribution in [1.82, 2.24) is 9.78 Å². The van der Waals surface area contributed by atoms with Gasteiger partial charge in [-0.25, -0.2) is 13.5 Å². The van der Waals surface area contributed by atoms with E-state index >= 15 is 0 Å². The van der Waals surface area contributed by atoms with Crippen molar-refractivity contribution in [3.63, 3.8) is 0 Å². The lowest BCUT2D eigenvalue weighted by molar-refractivity contribution is 0.409. The van der Waals surface area contributed by atoms with Crippen molar-refractivity contribution < 1.29 is 18.3 Å². The number of ether oxygens (including phenoxy) is 2. The molecule has 0 aliphatic carbocycles. The van der Waals surface area contributed by atoms with Crippen LogP contribution in [0.1, 0.15) is 0 Å². The first kappa shape index (κ1) is 17.4. The molecule has 6 nitrogen and oxygen atoms in total. The maximum absolute atomic E-state index is 13.9. The topological polar surface area (TPSA) is 79.4 Å². The molecule has 0 aliphatic heterocycles. The second-order valence-electron chi connectivity index (χ2n) is 5.46. The van der Waals surface area contributed by atoms with Crippen molar-refractivity contribution >= 4 is 5.69 Å². The molecule has 134 valence electrons. The van der Waals surface area contributed by atoms with E-state index in [-0.39, 0.29) is 22.8 Å². The van der Waals surface area contributed by atoms with E-state index in [0.717, 1.165) is 16.8 Å². The number of methoxy groups -OCH3 is 1. The zero-order chi connectivity index (χ0) is 18.8. The highest BCUT2D eigenvalue weighted by atomic mass is 19.1. The fraction of sp³-hybridized carbons (Fsp3) is 0.111. The molecule has 26 heavy (non-hydrogen) atoms. The quantitative estimate of drug-likeness (QED) is 0.724. The molecule has 0 bridgehead atoms. The van der Waals surface area contributed by atoms with Gasteiger partial charge in [-0.1, -0.05) is 0 Å². The Morgan fingerprint density at radius 3 is 2.46 bits per heavy atom. The third-order valence-electron chi connectivity index (χ3n) is 3.65. The third-order valence-corrected chi connectivity index (χ3v) is 3.65. The Labute approximate surface area is 147 Å². The summed E-state index contributed by atoms with van der Waals surface area (Å²) in [4.78, 5) is 11.8. The van der Waals surface area contributed by atoms with E-state index in [4.69, 9.17) is 15.2 Å². The van der Waals surface area contributed by atoms with Gasteiger partial charge in [-0.3, -0.25) is 4.79 Å². The van der Waals surface area contributed by atoms with Crippen LogP contribution in [0.3, 0.4) is 0 Å². The smallest absolute Gasteiger partial charge is 0.270 e. The van der Waals surface area contributed by atoms with E-state index in [1.807, 2.05) is 0 Å². The number of nitrogen functional groups attached to an aromatic ring is 1. The van der Waals surface area contributed by atoms with Gasteiger partial charge in [0.15, 0.2) is 17.3 Å². The van der Waals surface area contributed by atoms with Crippen molar-refractivity contribution in [2.75, 3.05) is 12.8 Å². The molecule has 0 aliphatic rings. The van der Waals surface area contributed by atoms with E-state index < -0.39 is 11.6 Å². The fourth-order valence-corrected chi connectivity index (χ4v) is 2.36. The van der Waals surface area contributed by atoms with Crippen LogP contribution in [-0.4, -0.2) is 16.9 Å². The number of hydrogen-bond acceptors (Lipinski definition) is 5. The van der Waals surface area contributed by atoms with Gasteiger partial charge in [0.2, 0.25) is 0 Å². The van der Waals surface area contributed by atoms with Gasteiger partial charge in [-0.2, -0.15) is 5.10 Å². The fourth-order valence-electron chi connectivity index (χ4n) is 2.36. The molecular weight excluding hydrogens is 344 g/mol. The zero-order valence-corrected chi connectivity index (χ0v) is 14.0. The number of halogens is 2. The van der Waals surface area contributed by atoms with Gasteiger partial charge < -0.3 is 15.2 Å². The molecule has 0 amide bonds. The first-order valence-electron chi connectivity index (χ1n) is 7.54. The zero-order valence-electron chi connectivity index (χ0n) is 14.0.